The Labute approximate surface area is 141 Å². The number of piperidine rings is 1. The van der Waals surface area contributed by atoms with E-state index in [1.165, 1.54) is 0 Å². The number of likely N-dealkylation sites (tertiary alicyclic amines) is 1. The third-order valence-electron chi connectivity index (χ3n) is 4.68. The van der Waals surface area contributed by atoms with Crippen LogP contribution in [0.3, 0.4) is 0 Å². The number of aryl methyl sites for hydroxylation is 1. The molecule has 1 aliphatic rings. The molecule has 124 valence electrons. The van der Waals surface area contributed by atoms with Gasteiger partial charge in [0, 0.05) is 29.1 Å². The Morgan fingerprint density at radius 3 is 2.83 bits per heavy atom. The maximum Gasteiger partial charge on any atom is 0.289 e. The number of nitrogens with one attached hydrogen (secondary N) is 1. The van der Waals surface area contributed by atoms with Crippen LogP contribution in [0.4, 0.5) is 0 Å². The number of nitrogens with zero attached hydrogens (tertiary/aromatic N) is 1. The van der Waals surface area contributed by atoms with E-state index < -0.39 is 0 Å². The first-order valence-electron chi connectivity index (χ1n) is 8.28. The van der Waals surface area contributed by atoms with Crippen molar-refractivity contribution >= 4 is 28.5 Å². The van der Waals surface area contributed by atoms with Gasteiger partial charge < -0.3 is 14.6 Å². The predicted octanol–water partition coefficient (Wildman–Crippen LogP) is 3.86. The fourth-order valence-corrected chi connectivity index (χ4v) is 3.40. The molecule has 3 rings (SSSR count). The number of carbonyl (C=O) groups excluding carboxylic acids is 1. The number of hydrogen-bond acceptors (Lipinski definition) is 3. The molecule has 23 heavy (non-hydrogen) atoms. The van der Waals surface area contributed by atoms with Crippen LogP contribution < -0.4 is 5.32 Å². The van der Waals surface area contributed by atoms with E-state index in [-0.39, 0.29) is 5.91 Å². The Morgan fingerprint density at radius 2 is 2.13 bits per heavy atom. The summed E-state index contributed by atoms with van der Waals surface area (Å²) in [5.41, 5.74) is 1.60. The highest BCUT2D eigenvalue weighted by Gasteiger charge is 2.27. The van der Waals surface area contributed by atoms with Gasteiger partial charge in [-0.3, -0.25) is 4.79 Å². The summed E-state index contributed by atoms with van der Waals surface area (Å²) < 4.78 is 5.80. The smallest absolute Gasteiger partial charge is 0.289 e. The van der Waals surface area contributed by atoms with Crippen LogP contribution in [0.15, 0.2) is 22.6 Å². The zero-order valence-electron chi connectivity index (χ0n) is 13.7. The quantitative estimate of drug-likeness (QED) is 0.923. The van der Waals surface area contributed by atoms with Crippen molar-refractivity contribution in [1.29, 1.82) is 0 Å². The predicted molar refractivity (Wildman–Crippen MR) is 93.1 cm³/mol. The second-order valence-electron chi connectivity index (χ2n) is 6.24. The van der Waals surface area contributed by atoms with E-state index in [0.717, 1.165) is 55.6 Å². The average molecular weight is 335 g/mol. The summed E-state index contributed by atoms with van der Waals surface area (Å²) in [5, 5.41) is 4.97. The summed E-state index contributed by atoms with van der Waals surface area (Å²) in [7, 11) is 0. The fourth-order valence-electron chi connectivity index (χ4n) is 3.23. The Morgan fingerprint density at radius 1 is 1.39 bits per heavy atom. The molecule has 1 aliphatic heterocycles. The van der Waals surface area contributed by atoms with Crippen molar-refractivity contribution < 1.29 is 9.21 Å². The number of amides is 1. The van der Waals surface area contributed by atoms with Crippen LogP contribution >= 0.6 is 11.6 Å². The standard InChI is InChI=1S/C18H23ClN2O2/c1-3-20-11-13-6-8-21(9-7-13)18(22)17-12(2)15-10-14(19)4-5-16(15)23-17/h4-5,10,13,20H,3,6-9,11H2,1-2H3. The third-order valence-corrected chi connectivity index (χ3v) is 4.91. The Bertz CT molecular complexity index is 702. The SMILES string of the molecule is CCNCC1CCN(C(=O)c2oc3ccc(Cl)cc3c2C)CC1. The Kier molecular flexibility index (Phi) is 4.93. The summed E-state index contributed by atoms with van der Waals surface area (Å²) in [6.45, 7) is 7.68. The molecular weight excluding hydrogens is 312 g/mol. The molecule has 1 saturated heterocycles. The molecule has 1 N–H and O–H groups in total. The summed E-state index contributed by atoms with van der Waals surface area (Å²) in [4.78, 5) is 14.7. The number of furan rings is 1. The highest BCUT2D eigenvalue weighted by molar-refractivity contribution is 6.31. The summed E-state index contributed by atoms with van der Waals surface area (Å²) in [5.74, 6) is 1.11. The first kappa shape index (κ1) is 16.3. The molecule has 1 amide bonds. The van der Waals surface area contributed by atoms with Crippen molar-refractivity contribution in [2.75, 3.05) is 26.2 Å². The van der Waals surface area contributed by atoms with Crippen LogP contribution in [-0.2, 0) is 0 Å². The lowest BCUT2D eigenvalue weighted by Crippen LogP contribution is -2.40. The highest BCUT2D eigenvalue weighted by atomic mass is 35.5. The average Bonchev–Trinajstić information content (AvgIpc) is 2.89. The molecule has 0 atom stereocenters. The summed E-state index contributed by atoms with van der Waals surface area (Å²) in [6, 6.07) is 5.46. The zero-order valence-corrected chi connectivity index (χ0v) is 14.4. The first-order chi connectivity index (χ1) is 11.1. The van der Waals surface area contributed by atoms with Gasteiger partial charge in [0.05, 0.1) is 0 Å². The molecule has 2 aromatic rings. The molecular formula is C18H23ClN2O2. The second-order valence-corrected chi connectivity index (χ2v) is 6.68. The van der Waals surface area contributed by atoms with Gasteiger partial charge in [-0.05, 0) is 57.0 Å². The van der Waals surface area contributed by atoms with Gasteiger partial charge in [0.25, 0.3) is 5.91 Å². The number of halogens is 1. The number of fused-ring (bicyclic) bond motifs is 1. The minimum Gasteiger partial charge on any atom is -0.451 e. The molecule has 1 aromatic carbocycles. The van der Waals surface area contributed by atoms with Crippen LogP contribution in [0.5, 0.6) is 0 Å². The molecule has 1 fully saturated rings. The molecule has 0 spiro atoms. The van der Waals surface area contributed by atoms with Crippen LogP contribution in [0, 0.1) is 12.8 Å². The molecule has 0 radical (unpaired) electrons. The molecule has 0 aliphatic carbocycles. The van der Waals surface area contributed by atoms with Crippen LogP contribution in [0.2, 0.25) is 5.02 Å². The maximum atomic E-state index is 12.8. The summed E-state index contributed by atoms with van der Waals surface area (Å²) in [6.07, 6.45) is 2.09. The van der Waals surface area contributed by atoms with Gasteiger partial charge in [-0.1, -0.05) is 18.5 Å². The maximum absolute atomic E-state index is 12.8. The van der Waals surface area contributed by atoms with Gasteiger partial charge in [0.2, 0.25) is 0 Å². The topological polar surface area (TPSA) is 45.5 Å². The Hall–Kier alpha value is -1.52. The molecule has 0 saturated carbocycles. The van der Waals surface area contributed by atoms with Crippen molar-refractivity contribution in [3.05, 3.63) is 34.5 Å². The van der Waals surface area contributed by atoms with Gasteiger partial charge >= 0.3 is 0 Å². The highest BCUT2D eigenvalue weighted by Crippen LogP contribution is 2.29. The van der Waals surface area contributed by atoms with E-state index in [1.54, 1.807) is 6.07 Å². The normalized spacial score (nSPS) is 16.2. The van der Waals surface area contributed by atoms with E-state index >= 15 is 0 Å². The monoisotopic (exact) mass is 334 g/mol. The minimum absolute atomic E-state index is 0.00303. The van der Waals surface area contributed by atoms with Crippen molar-refractivity contribution in [3.63, 3.8) is 0 Å². The molecule has 1 aromatic heterocycles. The Balaban J connectivity index is 1.73. The number of hydrogen-bond donors (Lipinski definition) is 1. The lowest BCUT2D eigenvalue weighted by Gasteiger charge is -2.31. The third kappa shape index (κ3) is 3.38. The van der Waals surface area contributed by atoms with Gasteiger partial charge in [0.1, 0.15) is 5.58 Å². The van der Waals surface area contributed by atoms with Crippen LogP contribution in [0.1, 0.15) is 35.9 Å². The number of carbonyl (C=O) groups is 1. The van der Waals surface area contributed by atoms with E-state index in [1.807, 2.05) is 24.0 Å². The number of benzene rings is 1. The van der Waals surface area contributed by atoms with E-state index in [9.17, 15) is 4.79 Å². The van der Waals surface area contributed by atoms with Gasteiger partial charge in [-0.25, -0.2) is 0 Å². The van der Waals surface area contributed by atoms with Crippen LogP contribution in [-0.4, -0.2) is 37.0 Å². The molecule has 5 heteroatoms. The number of rotatable bonds is 4. The molecule has 2 heterocycles. The van der Waals surface area contributed by atoms with Gasteiger partial charge in [0.15, 0.2) is 5.76 Å². The van der Waals surface area contributed by atoms with Gasteiger partial charge in [-0.2, -0.15) is 0 Å². The van der Waals surface area contributed by atoms with E-state index in [4.69, 9.17) is 16.0 Å². The minimum atomic E-state index is -0.00303. The molecule has 0 unspecified atom stereocenters. The van der Waals surface area contributed by atoms with Crippen LogP contribution in [0.25, 0.3) is 11.0 Å². The molecule has 0 bridgehead atoms. The molecule has 4 nitrogen and oxygen atoms in total. The second kappa shape index (κ2) is 6.93. The van der Waals surface area contributed by atoms with Crippen molar-refractivity contribution in [3.8, 4) is 0 Å². The largest absolute Gasteiger partial charge is 0.451 e. The van der Waals surface area contributed by atoms with Crippen molar-refractivity contribution in [2.45, 2.75) is 26.7 Å². The zero-order chi connectivity index (χ0) is 16.4. The van der Waals surface area contributed by atoms with E-state index in [0.29, 0.717) is 16.7 Å². The summed E-state index contributed by atoms with van der Waals surface area (Å²) >= 11 is 6.04. The first-order valence-corrected chi connectivity index (χ1v) is 8.66. The van der Waals surface area contributed by atoms with E-state index in [2.05, 4.69) is 12.2 Å². The van der Waals surface area contributed by atoms with Crippen molar-refractivity contribution in [2.24, 2.45) is 5.92 Å². The lowest BCUT2D eigenvalue weighted by atomic mass is 9.96. The lowest BCUT2D eigenvalue weighted by molar-refractivity contribution is 0.0659. The van der Waals surface area contributed by atoms with Gasteiger partial charge in [-0.15, -0.1) is 0 Å². The fraction of sp³-hybridized carbons (Fsp3) is 0.500. The van der Waals surface area contributed by atoms with Crippen molar-refractivity contribution in [1.82, 2.24) is 10.2 Å².